The van der Waals surface area contributed by atoms with Crippen LogP contribution in [0.25, 0.3) is 0 Å². The zero-order chi connectivity index (χ0) is 14.4. The topological polar surface area (TPSA) is 61.4 Å². The van der Waals surface area contributed by atoms with Crippen LogP contribution in [0.2, 0.25) is 0 Å². The Bertz CT molecular complexity index is 343. The fourth-order valence-corrected chi connectivity index (χ4v) is 3.32. The van der Waals surface area contributed by atoms with Gasteiger partial charge in [0.2, 0.25) is 0 Å². The largest absolute Gasteiger partial charge is 0.347 e. The SMILES string of the molecule is CCC1(CNC(=O)C(=O)N2CCCNCC2)CCCC1. The smallest absolute Gasteiger partial charge is 0.311 e. The number of hydrogen-bond donors (Lipinski definition) is 2. The van der Waals surface area contributed by atoms with Crippen molar-refractivity contribution in [2.45, 2.75) is 45.4 Å². The molecule has 0 unspecified atom stereocenters. The van der Waals surface area contributed by atoms with Gasteiger partial charge in [-0.05, 0) is 37.6 Å². The predicted octanol–water partition coefficient (Wildman–Crippen LogP) is 0.895. The van der Waals surface area contributed by atoms with E-state index >= 15 is 0 Å². The van der Waals surface area contributed by atoms with Crippen LogP contribution in [-0.2, 0) is 9.59 Å². The lowest BCUT2D eigenvalue weighted by Gasteiger charge is -2.28. The third-order valence-corrected chi connectivity index (χ3v) is 4.86. The van der Waals surface area contributed by atoms with Gasteiger partial charge >= 0.3 is 11.8 Å². The molecule has 2 N–H and O–H groups in total. The van der Waals surface area contributed by atoms with Crippen LogP contribution in [0.3, 0.4) is 0 Å². The number of carbonyl (C=O) groups excluding carboxylic acids is 2. The second-order valence-electron chi connectivity index (χ2n) is 6.14. The van der Waals surface area contributed by atoms with E-state index < -0.39 is 5.91 Å². The molecular weight excluding hydrogens is 254 g/mol. The van der Waals surface area contributed by atoms with Crippen LogP contribution < -0.4 is 10.6 Å². The van der Waals surface area contributed by atoms with Gasteiger partial charge in [0.05, 0.1) is 0 Å². The molecule has 0 aromatic rings. The first-order valence-corrected chi connectivity index (χ1v) is 7.95. The molecule has 0 spiro atoms. The van der Waals surface area contributed by atoms with Crippen molar-refractivity contribution >= 4 is 11.8 Å². The van der Waals surface area contributed by atoms with Gasteiger partial charge in [-0.3, -0.25) is 9.59 Å². The summed E-state index contributed by atoms with van der Waals surface area (Å²) in [5.74, 6) is -0.787. The molecule has 5 nitrogen and oxygen atoms in total. The van der Waals surface area contributed by atoms with Crippen LogP contribution in [0.1, 0.15) is 45.4 Å². The minimum absolute atomic E-state index is 0.232. The second-order valence-corrected chi connectivity index (χ2v) is 6.14. The van der Waals surface area contributed by atoms with Crippen molar-refractivity contribution in [1.29, 1.82) is 0 Å². The summed E-state index contributed by atoms with van der Waals surface area (Å²) < 4.78 is 0. The van der Waals surface area contributed by atoms with E-state index in [0.29, 0.717) is 19.6 Å². The van der Waals surface area contributed by atoms with E-state index in [1.807, 2.05) is 0 Å². The minimum Gasteiger partial charge on any atom is -0.347 e. The summed E-state index contributed by atoms with van der Waals surface area (Å²) in [6, 6.07) is 0. The molecule has 2 rings (SSSR count). The number of amides is 2. The molecule has 0 atom stereocenters. The molecule has 1 saturated carbocycles. The van der Waals surface area contributed by atoms with E-state index in [1.54, 1.807) is 4.90 Å². The van der Waals surface area contributed by atoms with Crippen LogP contribution in [-0.4, -0.2) is 49.4 Å². The first-order chi connectivity index (χ1) is 9.67. The zero-order valence-electron chi connectivity index (χ0n) is 12.5. The summed E-state index contributed by atoms with van der Waals surface area (Å²) >= 11 is 0. The summed E-state index contributed by atoms with van der Waals surface area (Å²) in [5.41, 5.74) is 0.232. The molecule has 1 heterocycles. The fraction of sp³-hybridized carbons (Fsp3) is 0.867. The summed E-state index contributed by atoms with van der Waals surface area (Å²) in [4.78, 5) is 25.9. The Morgan fingerprint density at radius 1 is 1.15 bits per heavy atom. The fourth-order valence-electron chi connectivity index (χ4n) is 3.32. The predicted molar refractivity (Wildman–Crippen MR) is 78.3 cm³/mol. The van der Waals surface area contributed by atoms with Crippen LogP contribution in [0.4, 0.5) is 0 Å². The highest BCUT2D eigenvalue weighted by molar-refractivity contribution is 6.35. The Morgan fingerprint density at radius 3 is 2.60 bits per heavy atom. The molecule has 2 fully saturated rings. The molecule has 20 heavy (non-hydrogen) atoms. The van der Waals surface area contributed by atoms with Gasteiger partial charge in [0.15, 0.2) is 0 Å². The molecule has 2 aliphatic rings. The van der Waals surface area contributed by atoms with Gasteiger partial charge in [0.25, 0.3) is 0 Å². The van der Waals surface area contributed by atoms with Gasteiger partial charge in [-0.2, -0.15) is 0 Å². The van der Waals surface area contributed by atoms with E-state index in [9.17, 15) is 9.59 Å². The van der Waals surface area contributed by atoms with Crippen LogP contribution in [0.5, 0.6) is 0 Å². The maximum Gasteiger partial charge on any atom is 0.311 e. The van der Waals surface area contributed by atoms with E-state index in [4.69, 9.17) is 0 Å². The zero-order valence-corrected chi connectivity index (χ0v) is 12.5. The van der Waals surface area contributed by atoms with Crippen LogP contribution >= 0.6 is 0 Å². The first kappa shape index (κ1) is 15.3. The molecule has 1 aliphatic carbocycles. The van der Waals surface area contributed by atoms with E-state index in [0.717, 1.165) is 25.9 Å². The molecule has 0 aromatic carbocycles. The standard InChI is InChI=1S/C15H27N3O2/c1-2-15(6-3-4-7-15)12-17-13(19)14(20)18-10-5-8-16-9-11-18/h16H,2-12H2,1H3,(H,17,19). The number of rotatable bonds is 3. The lowest BCUT2D eigenvalue weighted by atomic mass is 9.83. The molecule has 0 radical (unpaired) electrons. The Labute approximate surface area is 121 Å². The highest BCUT2D eigenvalue weighted by Gasteiger charge is 2.33. The average Bonchev–Trinajstić information content (AvgIpc) is 2.78. The van der Waals surface area contributed by atoms with Crippen LogP contribution in [0.15, 0.2) is 0 Å². The Morgan fingerprint density at radius 2 is 1.90 bits per heavy atom. The molecule has 0 aromatic heterocycles. The van der Waals surface area contributed by atoms with Crippen molar-refractivity contribution in [2.75, 3.05) is 32.7 Å². The highest BCUT2D eigenvalue weighted by atomic mass is 16.2. The molecule has 1 aliphatic heterocycles. The molecule has 0 bridgehead atoms. The lowest BCUT2D eigenvalue weighted by Crippen LogP contribution is -2.46. The number of nitrogens with one attached hydrogen (secondary N) is 2. The van der Waals surface area contributed by atoms with Crippen molar-refractivity contribution in [3.63, 3.8) is 0 Å². The Hall–Kier alpha value is -1.10. The molecule has 1 saturated heterocycles. The number of hydrogen-bond acceptors (Lipinski definition) is 3. The van der Waals surface area contributed by atoms with Crippen molar-refractivity contribution in [2.24, 2.45) is 5.41 Å². The quantitative estimate of drug-likeness (QED) is 0.755. The summed E-state index contributed by atoms with van der Waals surface area (Å²) in [6.45, 7) is 5.84. The maximum absolute atomic E-state index is 12.1. The van der Waals surface area contributed by atoms with Gasteiger partial charge in [-0.15, -0.1) is 0 Å². The summed E-state index contributed by atoms with van der Waals surface area (Å²) in [7, 11) is 0. The van der Waals surface area contributed by atoms with Crippen molar-refractivity contribution in [3.05, 3.63) is 0 Å². The van der Waals surface area contributed by atoms with E-state index in [1.165, 1.54) is 25.7 Å². The maximum atomic E-state index is 12.1. The molecular formula is C15H27N3O2. The van der Waals surface area contributed by atoms with Crippen LogP contribution in [0, 0.1) is 5.41 Å². The second kappa shape index (κ2) is 7.07. The van der Waals surface area contributed by atoms with Crippen molar-refractivity contribution in [3.8, 4) is 0 Å². The summed E-state index contributed by atoms with van der Waals surface area (Å²) in [5, 5.41) is 6.12. The van der Waals surface area contributed by atoms with Crippen molar-refractivity contribution < 1.29 is 9.59 Å². The first-order valence-electron chi connectivity index (χ1n) is 7.95. The molecule has 5 heteroatoms. The van der Waals surface area contributed by atoms with Gasteiger partial charge in [-0.25, -0.2) is 0 Å². The third kappa shape index (κ3) is 3.72. The molecule has 114 valence electrons. The highest BCUT2D eigenvalue weighted by Crippen LogP contribution is 2.40. The van der Waals surface area contributed by atoms with Gasteiger partial charge in [-0.1, -0.05) is 19.8 Å². The van der Waals surface area contributed by atoms with Gasteiger partial charge in [0.1, 0.15) is 0 Å². The third-order valence-electron chi connectivity index (χ3n) is 4.86. The number of nitrogens with zero attached hydrogens (tertiary/aromatic N) is 1. The normalized spacial score (nSPS) is 22.4. The minimum atomic E-state index is -0.424. The van der Waals surface area contributed by atoms with E-state index in [-0.39, 0.29) is 11.3 Å². The van der Waals surface area contributed by atoms with Crippen molar-refractivity contribution in [1.82, 2.24) is 15.5 Å². The molecule has 2 amide bonds. The summed E-state index contributed by atoms with van der Waals surface area (Å²) in [6.07, 6.45) is 6.83. The monoisotopic (exact) mass is 281 g/mol. The van der Waals surface area contributed by atoms with Gasteiger partial charge in [0, 0.05) is 26.2 Å². The van der Waals surface area contributed by atoms with E-state index in [2.05, 4.69) is 17.6 Å². The lowest BCUT2D eigenvalue weighted by molar-refractivity contribution is -0.146. The Kier molecular flexibility index (Phi) is 5.40. The average molecular weight is 281 g/mol. The Balaban J connectivity index is 1.82. The van der Waals surface area contributed by atoms with Gasteiger partial charge < -0.3 is 15.5 Å². The number of carbonyl (C=O) groups is 2.